The summed E-state index contributed by atoms with van der Waals surface area (Å²) in [6.45, 7) is 3.37. The second-order valence-electron chi connectivity index (χ2n) is 6.20. The van der Waals surface area contributed by atoms with Crippen LogP contribution in [0, 0.1) is 5.82 Å². The fraction of sp³-hybridized carbons (Fsp3) is 0.353. The van der Waals surface area contributed by atoms with Crippen LogP contribution in [0.1, 0.15) is 18.6 Å². The van der Waals surface area contributed by atoms with E-state index in [0.29, 0.717) is 13.1 Å². The smallest absolute Gasteiger partial charge is 0.164 e. The van der Waals surface area contributed by atoms with Gasteiger partial charge in [-0.25, -0.2) is 19.0 Å². The number of aryl methyl sites for hydroxylation is 1. The monoisotopic (exact) mass is 405 g/mol. The molecule has 1 aromatic carbocycles. The minimum absolute atomic E-state index is 0.0178. The number of hydrogen-bond donors (Lipinski definition) is 0. The number of halogens is 2. The van der Waals surface area contributed by atoms with Gasteiger partial charge in [-0.15, -0.1) is 0 Å². The Morgan fingerprint density at radius 3 is 2.72 bits per heavy atom. The van der Waals surface area contributed by atoms with Crippen LogP contribution in [0.15, 0.2) is 35.2 Å². The third kappa shape index (κ3) is 3.00. The van der Waals surface area contributed by atoms with Crippen LogP contribution in [0.3, 0.4) is 0 Å². The second kappa shape index (κ2) is 6.34. The molecule has 1 fully saturated rings. The normalized spacial score (nSPS) is 21.0. The van der Waals surface area contributed by atoms with E-state index in [2.05, 4.69) is 35.9 Å². The first kappa shape index (κ1) is 16.4. The molecule has 2 unspecified atom stereocenters. The van der Waals surface area contributed by atoms with Crippen LogP contribution in [0.2, 0.25) is 0 Å². The number of anilines is 1. The molecule has 3 aromatic rings. The van der Waals surface area contributed by atoms with Crippen LogP contribution in [0.25, 0.3) is 11.0 Å². The van der Waals surface area contributed by atoms with Crippen molar-refractivity contribution in [3.05, 3.63) is 46.6 Å². The van der Waals surface area contributed by atoms with Crippen molar-refractivity contribution in [2.75, 3.05) is 18.0 Å². The topological polar surface area (TPSA) is 56.1 Å². The van der Waals surface area contributed by atoms with E-state index >= 15 is 0 Å². The summed E-state index contributed by atoms with van der Waals surface area (Å²) in [5.41, 5.74) is 1.72. The molecule has 0 amide bonds. The predicted octanol–water partition coefficient (Wildman–Crippen LogP) is 3.23. The maximum absolute atomic E-state index is 13.2. The summed E-state index contributed by atoms with van der Waals surface area (Å²) < 4.78 is 21.7. The van der Waals surface area contributed by atoms with Crippen LogP contribution in [0.4, 0.5) is 10.2 Å². The summed E-state index contributed by atoms with van der Waals surface area (Å²) in [5, 5.41) is 5.27. The summed E-state index contributed by atoms with van der Waals surface area (Å²) in [6.07, 6.45) is 1.42. The van der Waals surface area contributed by atoms with E-state index < -0.39 is 0 Å². The van der Waals surface area contributed by atoms with Crippen molar-refractivity contribution in [2.24, 2.45) is 7.05 Å². The van der Waals surface area contributed by atoms with E-state index in [1.807, 2.05) is 14.0 Å². The van der Waals surface area contributed by atoms with Crippen molar-refractivity contribution in [3.8, 4) is 0 Å². The summed E-state index contributed by atoms with van der Waals surface area (Å²) in [5.74, 6) is 0.577. The molecule has 130 valence electrons. The quantitative estimate of drug-likeness (QED) is 0.654. The van der Waals surface area contributed by atoms with E-state index in [4.69, 9.17) is 4.74 Å². The van der Waals surface area contributed by atoms with Gasteiger partial charge in [0.05, 0.1) is 11.5 Å². The number of benzene rings is 1. The van der Waals surface area contributed by atoms with E-state index in [-0.39, 0.29) is 18.0 Å². The van der Waals surface area contributed by atoms with E-state index in [1.54, 1.807) is 23.1 Å². The van der Waals surface area contributed by atoms with Gasteiger partial charge < -0.3 is 9.64 Å². The lowest BCUT2D eigenvalue weighted by Gasteiger charge is -2.37. The number of nitrogens with zero attached hydrogens (tertiary/aromatic N) is 5. The van der Waals surface area contributed by atoms with Crippen LogP contribution < -0.4 is 4.90 Å². The van der Waals surface area contributed by atoms with Gasteiger partial charge in [0.15, 0.2) is 5.65 Å². The molecule has 4 rings (SSSR count). The summed E-state index contributed by atoms with van der Waals surface area (Å²) in [6, 6.07) is 6.46. The third-order valence-electron chi connectivity index (χ3n) is 4.36. The number of fused-ring (bicyclic) bond motifs is 1. The van der Waals surface area contributed by atoms with Crippen LogP contribution in [0.5, 0.6) is 0 Å². The Balaban J connectivity index is 1.72. The van der Waals surface area contributed by atoms with Gasteiger partial charge in [-0.1, -0.05) is 12.1 Å². The number of rotatable bonds is 2. The Kier molecular flexibility index (Phi) is 4.16. The first-order valence-electron chi connectivity index (χ1n) is 8.02. The summed E-state index contributed by atoms with van der Waals surface area (Å²) in [7, 11) is 1.85. The number of morpholine rings is 1. The molecule has 1 saturated heterocycles. The maximum atomic E-state index is 13.2. The molecule has 25 heavy (non-hydrogen) atoms. The molecule has 3 heterocycles. The van der Waals surface area contributed by atoms with Crippen molar-refractivity contribution in [2.45, 2.75) is 19.1 Å². The molecule has 2 atom stereocenters. The Labute approximate surface area is 152 Å². The van der Waals surface area contributed by atoms with Gasteiger partial charge in [-0.05, 0) is 40.5 Å². The highest BCUT2D eigenvalue weighted by Gasteiger charge is 2.29. The second-order valence-corrected chi connectivity index (χ2v) is 6.95. The lowest BCUT2D eigenvalue weighted by atomic mass is 10.1. The largest absolute Gasteiger partial charge is 0.367 e. The molecule has 1 aliphatic rings. The Morgan fingerprint density at radius 2 is 1.96 bits per heavy atom. The van der Waals surface area contributed by atoms with Gasteiger partial charge in [-0.3, -0.25) is 0 Å². The third-order valence-corrected chi connectivity index (χ3v) is 4.91. The maximum Gasteiger partial charge on any atom is 0.164 e. The average molecular weight is 406 g/mol. The first-order valence-corrected chi connectivity index (χ1v) is 8.81. The zero-order chi connectivity index (χ0) is 17.6. The van der Waals surface area contributed by atoms with Crippen molar-refractivity contribution >= 4 is 32.8 Å². The van der Waals surface area contributed by atoms with Crippen molar-refractivity contribution < 1.29 is 9.13 Å². The zero-order valence-electron chi connectivity index (χ0n) is 13.9. The van der Waals surface area contributed by atoms with Crippen molar-refractivity contribution in [1.82, 2.24) is 19.7 Å². The van der Waals surface area contributed by atoms with Gasteiger partial charge >= 0.3 is 0 Å². The Bertz CT molecular complexity index is 913. The molecule has 0 bridgehead atoms. The molecule has 8 heteroatoms. The fourth-order valence-electron chi connectivity index (χ4n) is 3.25. The van der Waals surface area contributed by atoms with Crippen molar-refractivity contribution in [1.29, 1.82) is 0 Å². The Morgan fingerprint density at radius 1 is 1.20 bits per heavy atom. The molecule has 6 nitrogen and oxygen atoms in total. The number of aromatic nitrogens is 4. The molecule has 2 aromatic heterocycles. The van der Waals surface area contributed by atoms with Crippen LogP contribution in [-0.4, -0.2) is 38.9 Å². The highest BCUT2D eigenvalue weighted by molar-refractivity contribution is 9.10. The van der Waals surface area contributed by atoms with Gasteiger partial charge in [0, 0.05) is 20.1 Å². The highest BCUT2D eigenvalue weighted by atomic mass is 79.9. The fourth-order valence-corrected chi connectivity index (χ4v) is 3.84. The lowest BCUT2D eigenvalue weighted by molar-refractivity contribution is -0.0175. The highest BCUT2D eigenvalue weighted by Crippen LogP contribution is 2.33. The molecular formula is C17H17BrFN5O. The van der Waals surface area contributed by atoms with E-state index in [0.717, 1.165) is 27.0 Å². The van der Waals surface area contributed by atoms with Gasteiger partial charge in [-0.2, -0.15) is 5.10 Å². The summed E-state index contributed by atoms with van der Waals surface area (Å²) >= 11 is 3.51. The minimum Gasteiger partial charge on any atom is -0.367 e. The summed E-state index contributed by atoms with van der Waals surface area (Å²) in [4.78, 5) is 11.0. The first-order chi connectivity index (χ1) is 12.0. The predicted molar refractivity (Wildman–Crippen MR) is 95.9 cm³/mol. The molecule has 0 saturated carbocycles. The molecular weight excluding hydrogens is 389 g/mol. The Hall–Kier alpha value is -2.06. The van der Waals surface area contributed by atoms with Gasteiger partial charge in [0.25, 0.3) is 0 Å². The lowest BCUT2D eigenvalue weighted by Crippen LogP contribution is -2.43. The molecule has 1 aliphatic heterocycles. The average Bonchev–Trinajstić information content (AvgIpc) is 2.89. The van der Waals surface area contributed by atoms with Crippen LogP contribution in [-0.2, 0) is 11.8 Å². The van der Waals surface area contributed by atoms with Gasteiger partial charge in [0.1, 0.15) is 28.7 Å². The molecule has 0 radical (unpaired) electrons. The molecule has 0 aliphatic carbocycles. The number of hydrogen-bond acceptors (Lipinski definition) is 5. The molecule has 0 spiro atoms. The van der Waals surface area contributed by atoms with Gasteiger partial charge in [0.2, 0.25) is 0 Å². The minimum atomic E-state index is -0.249. The standard InChI is InChI=1S/C17H17BrFN5O/c1-10-7-24(8-13(25-10)11-3-5-12(19)6-4-11)17-14-15(18)22-23(2)16(14)20-9-21-17/h3-6,9-10,13H,7-8H2,1-2H3. The number of ether oxygens (including phenoxy) is 1. The van der Waals surface area contributed by atoms with E-state index in [9.17, 15) is 4.39 Å². The van der Waals surface area contributed by atoms with Crippen molar-refractivity contribution in [3.63, 3.8) is 0 Å². The zero-order valence-corrected chi connectivity index (χ0v) is 15.4. The van der Waals surface area contributed by atoms with E-state index in [1.165, 1.54) is 12.1 Å². The SMILES string of the molecule is CC1CN(c2ncnc3c2c(Br)nn3C)CC(c2ccc(F)cc2)O1. The van der Waals surface area contributed by atoms with Crippen LogP contribution >= 0.6 is 15.9 Å². The molecule has 0 N–H and O–H groups in total.